The Kier molecular flexibility index (Phi) is 5.05. The highest BCUT2D eigenvalue weighted by Gasteiger charge is 2.31. The van der Waals surface area contributed by atoms with Crippen LogP contribution in [0, 0.1) is 11.8 Å². The number of likely N-dealkylation sites (tertiary alicyclic amines) is 1. The van der Waals surface area contributed by atoms with E-state index in [9.17, 15) is 0 Å². The van der Waals surface area contributed by atoms with Crippen molar-refractivity contribution in [1.29, 1.82) is 0 Å². The summed E-state index contributed by atoms with van der Waals surface area (Å²) in [6, 6.07) is 1.44. The summed E-state index contributed by atoms with van der Waals surface area (Å²) in [6.45, 7) is 13.4. The Labute approximate surface area is 113 Å². The first-order chi connectivity index (χ1) is 8.60. The van der Waals surface area contributed by atoms with Crippen LogP contribution in [0.25, 0.3) is 0 Å². The van der Waals surface area contributed by atoms with Crippen molar-refractivity contribution in [3.63, 3.8) is 0 Å². The molecule has 0 aromatic heterocycles. The molecule has 0 radical (unpaired) electrons. The second kappa shape index (κ2) is 6.36. The van der Waals surface area contributed by atoms with Crippen LogP contribution in [0.4, 0.5) is 0 Å². The van der Waals surface area contributed by atoms with Crippen LogP contribution >= 0.6 is 0 Å². The van der Waals surface area contributed by atoms with Crippen LogP contribution in [0.1, 0.15) is 33.6 Å². The molecular formula is C15H31N3. The summed E-state index contributed by atoms with van der Waals surface area (Å²) in [5.74, 6) is 1.65. The van der Waals surface area contributed by atoms with E-state index in [1.54, 1.807) is 0 Å². The number of hydrogen-bond donors (Lipinski definition) is 1. The first-order valence-corrected chi connectivity index (χ1v) is 7.76. The highest BCUT2D eigenvalue weighted by molar-refractivity contribution is 4.89. The van der Waals surface area contributed by atoms with Crippen molar-refractivity contribution in [3.05, 3.63) is 0 Å². The van der Waals surface area contributed by atoms with Crippen molar-refractivity contribution < 1.29 is 0 Å². The van der Waals surface area contributed by atoms with Crippen LogP contribution < -0.4 is 5.32 Å². The van der Waals surface area contributed by atoms with Gasteiger partial charge in [-0.3, -0.25) is 4.90 Å². The van der Waals surface area contributed by atoms with Gasteiger partial charge in [-0.25, -0.2) is 0 Å². The second-order valence-electron chi connectivity index (χ2n) is 6.70. The minimum absolute atomic E-state index is 0.708. The average molecular weight is 253 g/mol. The number of hydrogen-bond acceptors (Lipinski definition) is 3. The van der Waals surface area contributed by atoms with Crippen molar-refractivity contribution in [3.8, 4) is 0 Å². The smallest absolute Gasteiger partial charge is 0.0244 e. The quantitative estimate of drug-likeness (QED) is 0.822. The van der Waals surface area contributed by atoms with E-state index in [-0.39, 0.29) is 0 Å². The second-order valence-corrected chi connectivity index (χ2v) is 6.70. The lowest BCUT2D eigenvalue weighted by Gasteiger charge is -2.43. The molecule has 18 heavy (non-hydrogen) atoms. The zero-order chi connectivity index (χ0) is 13.1. The van der Waals surface area contributed by atoms with Crippen LogP contribution in [0.5, 0.6) is 0 Å². The molecule has 2 rings (SSSR count). The van der Waals surface area contributed by atoms with Crippen LogP contribution in [0.3, 0.4) is 0 Å². The molecule has 0 aromatic carbocycles. The van der Waals surface area contributed by atoms with Crippen molar-refractivity contribution in [2.24, 2.45) is 11.8 Å². The van der Waals surface area contributed by atoms with Gasteiger partial charge < -0.3 is 10.2 Å². The third kappa shape index (κ3) is 3.46. The maximum absolute atomic E-state index is 3.71. The molecular weight excluding hydrogens is 222 g/mol. The highest BCUT2D eigenvalue weighted by Crippen LogP contribution is 2.22. The first-order valence-electron chi connectivity index (χ1n) is 7.76. The summed E-state index contributed by atoms with van der Waals surface area (Å²) in [7, 11) is 2.26. The predicted molar refractivity (Wildman–Crippen MR) is 77.9 cm³/mol. The van der Waals surface area contributed by atoms with E-state index >= 15 is 0 Å². The van der Waals surface area contributed by atoms with E-state index in [2.05, 4.69) is 42.9 Å². The van der Waals surface area contributed by atoms with E-state index in [1.165, 1.54) is 45.6 Å². The summed E-state index contributed by atoms with van der Waals surface area (Å²) in [6.07, 6.45) is 2.65. The molecule has 0 bridgehead atoms. The fourth-order valence-corrected chi connectivity index (χ4v) is 3.55. The molecule has 0 aliphatic carbocycles. The van der Waals surface area contributed by atoms with Gasteiger partial charge in [-0.1, -0.05) is 20.8 Å². The standard InChI is InChI=1S/C15H31N3/c1-5-14-11-18(15(8-16-14)12(2)3)10-13-6-7-17(4)9-13/h12-16H,5-11H2,1-4H3. The van der Waals surface area contributed by atoms with Gasteiger partial charge in [0.1, 0.15) is 0 Å². The zero-order valence-corrected chi connectivity index (χ0v) is 12.7. The molecule has 3 nitrogen and oxygen atoms in total. The molecule has 2 heterocycles. The number of nitrogens with one attached hydrogen (secondary N) is 1. The lowest BCUT2D eigenvalue weighted by atomic mass is 9.95. The lowest BCUT2D eigenvalue weighted by molar-refractivity contribution is 0.0817. The monoisotopic (exact) mass is 253 g/mol. The van der Waals surface area contributed by atoms with Gasteiger partial charge in [0.2, 0.25) is 0 Å². The molecule has 3 atom stereocenters. The van der Waals surface area contributed by atoms with Crippen LogP contribution in [-0.2, 0) is 0 Å². The molecule has 106 valence electrons. The third-order valence-electron chi connectivity index (χ3n) is 4.78. The van der Waals surface area contributed by atoms with Crippen molar-refractivity contribution in [2.45, 2.75) is 45.7 Å². The van der Waals surface area contributed by atoms with Gasteiger partial charge in [0.05, 0.1) is 0 Å². The van der Waals surface area contributed by atoms with Gasteiger partial charge in [0, 0.05) is 38.3 Å². The Bertz CT molecular complexity index is 254. The molecule has 0 aromatic rings. The maximum Gasteiger partial charge on any atom is 0.0244 e. The van der Waals surface area contributed by atoms with Gasteiger partial charge in [-0.15, -0.1) is 0 Å². The molecule has 0 amide bonds. The lowest BCUT2D eigenvalue weighted by Crippen LogP contribution is -2.59. The van der Waals surface area contributed by atoms with Crippen molar-refractivity contribution in [2.75, 3.05) is 39.8 Å². The summed E-state index contributed by atoms with van der Waals surface area (Å²) >= 11 is 0. The van der Waals surface area contributed by atoms with Crippen molar-refractivity contribution >= 4 is 0 Å². The fraction of sp³-hybridized carbons (Fsp3) is 1.00. The van der Waals surface area contributed by atoms with Crippen LogP contribution in [-0.4, -0.2) is 61.7 Å². The molecule has 2 aliphatic heterocycles. The van der Waals surface area contributed by atoms with E-state index < -0.39 is 0 Å². The molecule has 1 N–H and O–H groups in total. The highest BCUT2D eigenvalue weighted by atomic mass is 15.2. The van der Waals surface area contributed by atoms with Gasteiger partial charge >= 0.3 is 0 Å². The zero-order valence-electron chi connectivity index (χ0n) is 12.7. The molecule has 2 fully saturated rings. The largest absolute Gasteiger partial charge is 0.311 e. The minimum atomic E-state index is 0.708. The van der Waals surface area contributed by atoms with Crippen LogP contribution in [0.15, 0.2) is 0 Å². The summed E-state index contributed by atoms with van der Waals surface area (Å²) < 4.78 is 0. The van der Waals surface area contributed by atoms with Crippen molar-refractivity contribution in [1.82, 2.24) is 15.1 Å². The first kappa shape index (κ1) is 14.3. The number of nitrogens with zero attached hydrogens (tertiary/aromatic N) is 2. The van der Waals surface area contributed by atoms with Crippen LogP contribution in [0.2, 0.25) is 0 Å². The SMILES string of the molecule is CCC1CN(CC2CCN(C)C2)C(C(C)C)CN1. The topological polar surface area (TPSA) is 18.5 Å². The Hall–Kier alpha value is -0.120. The normalized spacial score (nSPS) is 35.5. The summed E-state index contributed by atoms with van der Waals surface area (Å²) in [4.78, 5) is 5.26. The van der Waals surface area contributed by atoms with E-state index in [0.29, 0.717) is 6.04 Å². The van der Waals surface area contributed by atoms with E-state index in [0.717, 1.165) is 17.9 Å². The molecule has 0 spiro atoms. The number of piperazine rings is 1. The van der Waals surface area contributed by atoms with Gasteiger partial charge in [0.15, 0.2) is 0 Å². The molecule has 2 saturated heterocycles. The Balaban J connectivity index is 1.92. The summed E-state index contributed by atoms with van der Waals surface area (Å²) in [5.41, 5.74) is 0. The van der Waals surface area contributed by atoms with Gasteiger partial charge in [0.25, 0.3) is 0 Å². The molecule has 0 saturated carbocycles. The van der Waals surface area contributed by atoms with Gasteiger partial charge in [-0.05, 0) is 38.3 Å². The maximum atomic E-state index is 3.71. The Morgan fingerprint density at radius 1 is 1.28 bits per heavy atom. The average Bonchev–Trinajstić information content (AvgIpc) is 2.74. The number of rotatable bonds is 4. The predicted octanol–water partition coefficient (Wildman–Crippen LogP) is 1.65. The molecule has 3 heteroatoms. The molecule has 3 unspecified atom stereocenters. The Morgan fingerprint density at radius 2 is 2.06 bits per heavy atom. The third-order valence-corrected chi connectivity index (χ3v) is 4.78. The fourth-order valence-electron chi connectivity index (χ4n) is 3.55. The van der Waals surface area contributed by atoms with Gasteiger partial charge in [-0.2, -0.15) is 0 Å². The summed E-state index contributed by atoms with van der Waals surface area (Å²) in [5, 5.41) is 3.71. The minimum Gasteiger partial charge on any atom is -0.311 e. The molecule has 2 aliphatic rings. The van der Waals surface area contributed by atoms with E-state index in [1.807, 2.05) is 0 Å². The Morgan fingerprint density at radius 3 is 2.61 bits per heavy atom. The van der Waals surface area contributed by atoms with E-state index in [4.69, 9.17) is 0 Å².